The molecule has 0 aliphatic heterocycles. The van der Waals surface area contributed by atoms with Crippen LogP contribution in [0.25, 0.3) is 0 Å². The van der Waals surface area contributed by atoms with Crippen LogP contribution in [0.15, 0.2) is 0 Å². The van der Waals surface area contributed by atoms with Crippen LogP contribution in [-0.4, -0.2) is 21.9 Å². The van der Waals surface area contributed by atoms with Crippen molar-refractivity contribution in [3.8, 4) is 0 Å². The van der Waals surface area contributed by atoms with Gasteiger partial charge in [-0.25, -0.2) is 0 Å². The van der Waals surface area contributed by atoms with Gasteiger partial charge in [0, 0.05) is 0 Å². The molecule has 4 fully saturated rings. The molecule has 0 spiro atoms. The molecule has 168 valence electrons. The predicted octanol–water partition coefficient (Wildman–Crippen LogP) is 6.58. The first-order valence-corrected chi connectivity index (χ1v) is 12.9. The van der Waals surface area contributed by atoms with E-state index in [0.717, 1.165) is 61.2 Å². The van der Waals surface area contributed by atoms with Crippen LogP contribution < -0.4 is 0 Å². The molecule has 0 aromatic rings. The molecule has 4 aliphatic rings. The maximum atomic E-state index is 10.3. The summed E-state index contributed by atoms with van der Waals surface area (Å²) in [6, 6.07) is 0. The van der Waals surface area contributed by atoms with Gasteiger partial charge < -0.3 is 10.2 Å². The van der Waals surface area contributed by atoms with Crippen molar-refractivity contribution in [3.63, 3.8) is 0 Å². The average Bonchev–Trinajstić information content (AvgIpc) is 2.98. The van der Waals surface area contributed by atoms with E-state index in [-0.39, 0.29) is 6.10 Å². The summed E-state index contributed by atoms with van der Waals surface area (Å²) < 4.78 is 0. The fraction of sp³-hybridized carbons (Fsp3) is 1.00. The highest BCUT2D eigenvalue weighted by molar-refractivity contribution is 5.09. The molecule has 0 bridgehead atoms. The normalized spacial score (nSPS) is 48.5. The first-order chi connectivity index (χ1) is 13.5. The number of aliphatic hydroxyl groups excluding tert-OH is 1. The van der Waals surface area contributed by atoms with E-state index in [1.807, 2.05) is 13.8 Å². The van der Waals surface area contributed by atoms with E-state index in [1.165, 1.54) is 51.4 Å². The second-order valence-electron chi connectivity index (χ2n) is 13.0. The summed E-state index contributed by atoms with van der Waals surface area (Å²) in [7, 11) is 0. The van der Waals surface area contributed by atoms with E-state index in [9.17, 15) is 10.2 Å². The van der Waals surface area contributed by atoms with E-state index in [1.54, 1.807) is 0 Å². The molecular weight excluding hydrogens is 356 g/mol. The second kappa shape index (κ2) is 7.80. The van der Waals surface area contributed by atoms with Crippen LogP contribution in [0.4, 0.5) is 0 Å². The highest BCUT2D eigenvalue weighted by atomic mass is 16.3. The minimum Gasteiger partial charge on any atom is -0.393 e. The zero-order valence-corrected chi connectivity index (χ0v) is 19.9. The lowest BCUT2D eigenvalue weighted by atomic mass is 9.44. The molecule has 0 aromatic heterocycles. The van der Waals surface area contributed by atoms with Crippen LogP contribution in [0.1, 0.15) is 112 Å². The van der Waals surface area contributed by atoms with E-state index in [4.69, 9.17) is 0 Å². The molecule has 0 heterocycles. The monoisotopic (exact) mass is 404 g/mol. The fourth-order valence-corrected chi connectivity index (χ4v) is 9.27. The number of hydrogen-bond acceptors (Lipinski definition) is 2. The molecule has 4 aliphatic carbocycles. The number of aliphatic hydroxyl groups is 2. The van der Waals surface area contributed by atoms with Gasteiger partial charge in [-0.15, -0.1) is 0 Å². The Morgan fingerprint density at radius 1 is 0.931 bits per heavy atom. The highest BCUT2D eigenvalue weighted by Gasteiger charge is 2.60. The van der Waals surface area contributed by atoms with Gasteiger partial charge >= 0.3 is 0 Å². The summed E-state index contributed by atoms with van der Waals surface area (Å²) in [6.07, 6.45) is 15.3. The smallest absolute Gasteiger partial charge is 0.0591 e. The number of rotatable bonds is 5. The number of fused-ring (bicyclic) bond motifs is 5. The fourth-order valence-electron chi connectivity index (χ4n) is 9.27. The Morgan fingerprint density at radius 3 is 2.34 bits per heavy atom. The summed E-state index contributed by atoms with van der Waals surface area (Å²) in [4.78, 5) is 0. The first kappa shape index (κ1) is 22.1. The van der Waals surface area contributed by atoms with Crippen molar-refractivity contribution in [2.75, 3.05) is 0 Å². The SMILES string of the molecule is C[C@H](CCCC(C)(C)O)[C@H]1CCC2C3CCC4C[C@@H](O)CC[C@]4(C)C3CC[C@@]21C. The van der Waals surface area contributed by atoms with Crippen LogP contribution in [0.3, 0.4) is 0 Å². The maximum absolute atomic E-state index is 10.3. The lowest BCUT2D eigenvalue weighted by Crippen LogP contribution is -2.54. The van der Waals surface area contributed by atoms with Crippen LogP contribution >= 0.6 is 0 Å². The third-order valence-electron chi connectivity index (χ3n) is 10.8. The molecule has 4 unspecified atom stereocenters. The van der Waals surface area contributed by atoms with Gasteiger partial charge in [0.2, 0.25) is 0 Å². The Labute approximate surface area is 180 Å². The van der Waals surface area contributed by atoms with Crippen molar-refractivity contribution in [1.82, 2.24) is 0 Å². The van der Waals surface area contributed by atoms with Crippen molar-refractivity contribution in [2.45, 2.75) is 123 Å². The van der Waals surface area contributed by atoms with Crippen molar-refractivity contribution < 1.29 is 10.2 Å². The zero-order valence-electron chi connectivity index (χ0n) is 19.9. The molecule has 0 radical (unpaired) electrons. The Kier molecular flexibility index (Phi) is 5.95. The molecule has 4 rings (SSSR count). The van der Waals surface area contributed by atoms with Crippen molar-refractivity contribution >= 4 is 0 Å². The predicted molar refractivity (Wildman–Crippen MR) is 121 cm³/mol. The van der Waals surface area contributed by atoms with Gasteiger partial charge in [0.15, 0.2) is 0 Å². The molecule has 2 nitrogen and oxygen atoms in total. The van der Waals surface area contributed by atoms with E-state index in [2.05, 4.69) is 20.8 Å². The van der Waals surface area contributed by atoms with Crippen molar-refractivity contribution in [1.29, 1.82) is 0 Å². The van der Waals surface area contributed by atoms with Gasteiger partial charge in [-0.05, 0) is 124 Å². The summed E-state index contributed by atoms with van der Waals surface area (Å²) in [5.74, 6) is 5.24. The molecule has 9 atom stereocenters. The zero-order chi connectivity index (χ0) is 21.0. The molecule has 0 amide bonds. The van der Waals surface area contributed by atoms with E-state index in [0.29, 0.717) is 10.8 Å². The van der Waals surface area contributed by atoms with Gasteiger partial charge in [-0.1, -0.05) is 33.6 Å². The molecule has 29 heavy (non-hydrogen) atoms. The van der Waals surface area contributed by atoms with Gasteiger partial charge in [0.25, 0.3) is 0 Å². The Bertz CT molecular complexity index is 580. The quantitative estimate of drug-likeness (QED) is 0.543. The maximum Gasteiger partial charge on any atom is 0.0591 e. The largest absolute Gasteiger partial charge is 0.393 e. The molecule has 2 N–H and O–H groups in total. The first-order valence-electron chi connectivity index (χ1n) is 12.9. The van der Waals surface area contributed by atoms with E-state index >= 15 is 0 Å². The Morgan fingerprint density at radius 2 is 1.62 bits per heavy atom. The highest BCUT2D eigenvalue weighted by Crippen LogP contribution is 2.68. The summed E-state index contributed by atoms with van der Waals surface area (Å²) in [5, 5.41) is 20.3. The van der Waals surface area contributed by atoms with Crippen molar-refractivity contribution in [3.05, 3.63) is 0 Å². The molecular formula is C27H48O2. The van der Waals surface area contributed by atoms with Gasteiger partial charge in [0.05, 0.1) is 11.7 Å². The molecule has 2 heteroatoms. The van der Waals surface area contributed by atoms with Crippen LogP contribution in [0, 0.1) is 46.3 Å². The lowest BCUT2D eigenvalue weighted by Gasteiger charge is -2.61. The Hall–Kier alpha value is -0.0800. The summed E-state index contributed by atoms with van der Waals surface area (Å²) in [6.45, 7) is 11.7. The van der Waals surface area contributed by atoms with Gasteiger partial charge in [-0.3, -0.25) is 0 Å². The molecule has 0 saturated heterocycles. The second-order valence-corrected chi connectivity index (χ2v) is 13.0. The molecule has 0 aromatic carbocycles. The summed E-state index contributed by atoms with van der Waals surface area (Å²) in [5.41, 5.74) is 0.536. The Balaban J connectivity index is 1.44. The standard InChI is InChI=1S/C27H48O2/c1-18(7-6-14-25(2,3)29)22-10-11-23-21-9-8-19-17-20(28)12-15-26(19,4)24(21)13-16-27(22,23)5/h18-24,28-29H,6-17H2,1-5H3/t18-,19?,20+,21?,22-,23?,24?,26+,27-/m1/s1. The average molecular weight is 405 g/mol. The summed E-state index contributed by atoms with van der Waals surface area (Å²) >= 11 is 0. The van der Waals surface area contributed by atoms with E-state index < -0.39 is 5.60 Å². The van der Waals surface area contributed by atoms with Crippen molar-refractivity contribution in [2.24, 2.45) is 46.3 Å². The third-order valence-corrected chi connectivity index (χ3v) is 10.8. The minimum absolute atomic E-state index is 0.0286. The van der Waals surface area contributed by atoms with Gasteiger partial charge in [0.1, 0.15) is 0 Å². The van der Waals surface area contributed by atoms with Crippen LogP contribution in [0.5, 0.6) is 0 Å². The minimum atomic E-state index is -0.512. The third kappa shape index (κ3) is 3.95. The van der Waals surface area contributed by atoms with Crippen LogP contribution in [-0.2, 0) is 0 Å². The lowest BCUT2D eigenvalue weighted by molar-refractivity contribution is -0.129. The molecule has 4 saturated carbocycles. The number of hydrogen-bond donors (Lipinski definition) is 2. The van der Waals surface area contributed by atoms with Gasteiger partial charge in [-0.2, -0.15) is 0 Å². The topological polar surface area (TPSA) is 40.5 Å². The van der Waals surface area contributed by atoms with Crippen LogP contribution in [0.2, 0.25) is 0 Å².